The lowest BCUT2D eigenvalue weighted by Gasteiger charge is -2.59. The van der Waals surface area contributed by atoms with Gasteiger partial charge in [0, 0.05) is 6.42 Å². The van der Waals surface area contributed by atoms with Gasteiger partial charge < -0.3 is 10.3 Å². The molecule has 30 heavy (non-hydrogen) atoms. The van der Waals surface area contributed by atoms with E-state index in [2.05, 4.69) is 28.9 Å². The Labute approximate surface area is 179 Å². The first-order valence-electron chi connectivity index (χ1n) is 11.0. The number of hydrogen-bond acceptors (Lipinski definition) is 6. The first-order chi connectivity index (χ1) is 13.8. The Morgan fingerprint density at radius 3 is 2.40 bits per heavy atom. The molecule has 4 aliphatic carbocycles. The highest BCUT2D eigenvalue weighted by Crippen LogP contribution is 2.67. The monoisotopic (exact) mass is 437 g/mol. The molecular formula is C22H35N3O4S. The van der Waals surface area contributed by atoms with Crippen LogP contribution in [0, 0.1) is 28.6 Å². The lowest BCUT2D eigenvalue weighted by atomic mass is 9.46. The zero-order chi connectivity index (χ0) is 22.1. The molecule has 0 aliphatic heterocycles. The predicted molar refractivity (Wildman–Crippen MR) is 117 cm³/mol. The minimum Gasteiger partial charge on any atom is -0.411 e. The normalized spacial score (nSPS) is 46.5. The van der Waals surface area contributed by atoms with Crippen LogP contribution < -0.4 is 4.83 Å². The first-order valence-corrected chi connectivity index (χ1v) is 12.9. The van der Waals surface area contributed by atoms with E-state index in [0.29, 0.717) is 35.6 Å². The van der Waals surface area contributed by atoms with Gasteiger partial charge in [0.15, 0.2) is 0 Å². The van der Waals surface area contributed by atoms with Crippen molar-refractivity contribution in [3.05, 3.63) is 11.1 Å². The molecular weight excluding hydrogens is 402 g/mol. The summed E-state index contributed by atoms with van der Waals surface area (Å²) >= 11 is 0. The van der Waals surface area contributed by atoms with E-state index in [-0.39, 0.29) is 10.8 Å². The largest absolute Gasteiger partial charge is 0.411 e. The highest BCUT2D eigenvalue weighted by atomic mass is 32.2. The van der Waals surface area contributed by atoms with Crippen LogP contribution in [0.25, 0.3) is 0 Å². The third kappa shape index (κ3) is 3.05. The lowest BCUT2D eigenvalue weighted by molar-refractivity contribution is -0.115. The average molecular weight is 438 g/mol. The summed E-state index contributed by atoms with van der Waals surface area (Å²) in [4.78, 5) is 2.20. The second-order valence-electron chi connectivity index (χ2n) is 10.8. The predicted octanol–water partition coefficient (Wildman–Crippen LogP) is 3.44. The lowest BCUT2D eigenvalue weighted by Crippen LogP contribution is -2.55. The van der Waals surface area contributed by atoms with Crippen LogP contribution in [0.1, 0.15) is 72.6 Å². The van der Waals surface area contributed by atoms with Crippen molar-refractivity contribution in [1.29, 1.82) is 0 Å². The van der Waals surface area contributed by atoms with Crippen molar-refractivity contribution < 1.29 is 18.7 Å². The summed E-state index contributed by atoms with van der Waals surface area (Å²) in [5, 5.41) is 28.5. The summed E-state index contributed by atoms with van der Waals surface area (Å²) in [7, 11) is -3.49. The van der Waals surface area contributed by atoms with Crippen molar-refractivity contribution in [1.82, 2.24) is 4.83 Å². The van der Waals surface area contributed by atoms with E-state index in [0.717, 1.165) is 50.4 Å². The molecule has 7 nitrogen and oxygen atoms in total. The van der Waals surface area contributed by atoms with Crippen LogP contribution in [-0.2, 0) is 10.0 Å². The molecule has 0 unspecified atom stereocenters. The number of sulfonamides is 1. The van der Waals surface area contributed by atoms with Gasteiger partial charge in [-0.1, -0.05) is 24.6 Å². The van der Waals surface area contributed by atoms with Gasteiger partial charge in [-0.2, -0.15) is 5.10 Å². The van der Waals surface area contributed by atoms with Crippen molar-refractivity contribution in [2.75, 3.05) is 6.26 Å². The summed E-state index contributed by atoms with van der Waals surface area (Å²) in [5.74, 6) is 1.53. The fraction of sp³-hybridized carbons (Fsp3) is 0.818. The Morgan fingerprint density at radius 1 is 1.10 bits per heavy atom. The van der Waals surface area contributed by atoms with Crippen LogP contribution in [0.2, 0.25) is 0 Å². The molecule has 0 aromatic heterocycles. The molecule has 4 rings (SSSR count). The second kappa shape index (κ2) is 6.79. The Kier molecular flexibility index (Phi) is 4.94. The molecule has 0 saturated heterocycles. The van der Waals surface area contributed by atoms with E-state index in [9.17, 15) is 18.7 Å². The molecule has 168 valence electrons. The molecule has 0 amide bonds. The van der Waals surface area contributed by atoms with Crippen molar-refractivity contribution >= 4 is 21.4 Å². The van der Waals surface area contributed by atoms with Crippen LogP contribution in [0.4, 0.5) is 0 Å². The summed E-state index contributed by atoms with van der Waals surface area (Å²) in [6.07, 6.45) is 7.64. The van der Waals surface area contributed by atoms with E-state index >= 15 is 0 Å². The van der Waals surface area contributed by atoms with E-state index < -0.39 is 15.6 Å². The van der Waals surface area contributed by atoms with Gasteiger partial charge >= 0.3 is 0 Å². The number of allylic oxidation sites excluding steroid dienone is 2. The quantitative estimate of drug-likeness (QED) is 0.454. The fourth-order valence-electron chi connectivity index (χ4n) is 7.55. The number of aliphatic hydroxyl groups is 1. The summed E-state index contributed by atoms with van der Waals surface area (Å²) < 4.78 is 23.1. The van der Waals surface area contributed by atoms with Gasteiger partial charge in [0.25, 0.3) is 0 Å². The molecule has 8 heteroatoms. The van der Waals surface area contributed by atoms with E-state index in [1.54, 1.807) is 0 Å². The van der Waals surface area contributed by atoms with Crippen LogP contribution in [0.15, 0.2) is 21.4 Å². The summed E-state index contributed by atoms with van der Waals surface area (Å²) in [6.45, 7) is 8.55. The zero-order valence-corrected chi connectivity index (χ0v) is 19.5. The standard InChI is InChI=1S/C22H35N3O4S/c1-13-15-7-6-14-16(8-10-21(3)17(14)9-11-22(21,4)26)20(15,2)12-18(24-27)19(13)23-25-30(5,28)29/h14,16-17,25-27H,6-12H2,1-5H3/t14-,16+,17+,20+,21+,22+/m1/s1. The Hall–Kier alpha value is -1.41. The molecule has 3 saturated carbocycles. The maximum atomic E-state index is 11.5. The molecule has 0 heterocycles. The molecule has 4 aliphatic rings. The number of rotatable bonds is 2. The number of oxime groups is 1. The maximum Gasteiger partial charge on any atom is 0.244 e. The Bertz CT molecular complexity index is 951. The van der Waals surface area contributed by atoms with Gasteiger partial charge in [0.2, 0.25) is 10.0 Å². The molecule has 0 aromatic rings. The second-order valence-corrected chi connectivity index (χ2v) is 12.5. The maximum absolute atomic E-state index is 11.5. The molecule has 3 N–H and O–H groups in total. The van der Waals surface area contributed by atoms with Crippen molar-refractivity contribution in [3.63, 3.8) is 0 Å². The van der Waals surface area contributed by atoms with Crippen LogP contribution in [0.3, 0.4) is 0 Å². The number of nitrogens with one attached hydrogen (secondary N) is 1. The van der Waals surface area contributed by atoms with E-state index in [1.165, 1.54) is 5.57 Å². The molecule has 3 fully saturated rings. The topological polar surface area (TPSA) is 111 Å². The van der Waals surface area contributed by atoms with Gasteiger partial charge in [0.1, 0.15) is 11.4 Å². The van der Waals surface area contributed by atoms with Crippen molar-refractivity contribution in [3.8, 4) is 0 Å². The minimum atomic E-state index is -3.49. The van der Waals surface area contributed by atoms with E-state index in [1.807, 2.05) is 13.8 Å². The fourth-order valence-corrected chi connectivity index (χ4v) is 7.81. The number of hydrazone groups is 1. The van der Waals surface area contributed by atoms with Gasteiger partial charge in [-0.05, 0) is 86.5 Å². The third-order valence-corrected chi connectivity index (χ3v) is 9.72. The van der Waals surface area contributed by atoms with Crippen LogP contribution in [0.5, 0.6) is 0 Å². The van der Waals surface area contributed by atoms with Crippen LogP contribution in [-0.4, -0.2) is 42.0 Å². The minimum absolute atomic E-state index is 0.0324. The molecule has 0 radical (unpaired) electrons. The van der Waals surface area contributed by atoms with Gasteiger partial charge in [0.05, 0.1) is 11.9 Å². The van der Waals surface area contributed by atoms with Crippen molar-refractivity contribution in [2.45, 2.75) is 78.2 Å². The molecule has 0 aromatic carbocycles. The summed E-state index contributed by atoms with van der Waals surface area (Å²) in [5.41, 5.74) is 2.37. The van der Waals surface area contributed by atoms with Crippen molar-refractivity contribution in [2.24, 2.45) is 38.8 Å². The number of nitrogens with zero attached hydrogens (tertiary/aromatic N) is 2. The van der Waals surface area contributed by atoms with Gasteiger partial charge in [-0.3, -0.25) is 0 Å². The van der Waals surface area contributed by atoms with Crippen LogP contribution >= 0.6 is 0 Å². The summed E-state index contributed by atoms with van der Waals surface area (Å²) in [6, 6.07) is 0. The first kappa shape index (κ1) is 21.8. The SMILES string of the molecule is CC1=C2CC[C@@H]3[C@H](CC[C@@]4(C)[C@H]3CC[C@]4(C)O)[C@@]2(C)CC(=NO)C1=NNS(C)(=O)=O. The van der Waals surface area contributed by atoms with E-state index in [4.69, 9.17) is 0 Å². The Balaban J connectivity index is 1.73. The number of hydrogen-bond donors (Lipinski definition) is 3. The zero-order valence-electron chi connectivity index (χ0n) is 18.7. The highest BCUT2D eigenvalue weighted by Gasteiger charge is 2.62. The molecule has 0 bridgehead atoms. The molecule has 6 atom stereocenters. The average Bonchev–Trinajstić information content (AvgIpc) is 2.89. The molecule has 0 spiro atoms. The Morgan fingerprint density at radius 2 is 1.77 bits per heavy atom. The highest BCUT2D eigenvalue weighted by molar-refractivity contribution is 7.88. The van der Waals surface area contributed by atoms with Gasteiger partial charge in [-0.25, -0.2) is 13.2 Å². The smallest absolute Gasteiger partial charge is 0.244 e. The van der Waals surface area contributed by atoms with Gasteiger partial charge in [-0.15, -0.1) is 0 Å². The number of fused-ring (bicyclic) bond motifs is 5. The third-order valence-electron chi connectivity index (χ3n) is 9.29.